The summed E-state index contributed by atoms with van der Waals surface area (Å²) in [7, 11) is 0. The van der Waals surface area contributed by atoms with Gasteiger partial charge < -0.3 is 10.6 Å². The van der Waals surface area contributed by atoms with E-state index in [-0.39, 0.29) is 0 Å². The molecule has 1 fully saturated rings. The summed E-state index contributed by atoms with van der Waals surface area (Å²) in [6, 6.07) is 2.56. The van der Waals surface area contributed by atoms with Crippen molar-refractivity contribution in [2.24, 2.45) is 11.7 Å². The summed E-state index contributed by atoms with van der Waals surface area (Å²) in [6.07, 6.45) is 6.22. The van der Waals surface area contributed by atoms with E-state index in [0.717, 1.165) is 36.8 Å². The molecule has 2 unspecified atom stereocenters. The number of anilines is 1. The lowest BCUT2D eigenvalue weighted by Gasteiger charge is -2.38. The van der Waals surface area contributed by atoms with Gasteiger partial charge >= 0.3 is 0 Å². The summed E-state index contributed by atoms with van der Waals surface area (Å²) in [5.41, 5.74) is 7.04. The van der Waals surface area contributed by atoms with Crippen LogP contribution in [0.4, 0.5) is 5.82 Å². The third-order valence-corrected chi connectivity index (χ3v) is 3.76. The largest absolute Gasteiger partial charge is 0.352 e. The maximum Gasteiger partial charge on any atom is 0.132 e. The first-order valence-corrected chi connectivity index (χ1v) is 7.02. The lowest BCUT2D eigenvalue weighted by molar-refractivity contribution is 0.365. The zero-order chi connectivity index (χ0) is 13.0. The molecule has 0 amide bonds. The van der Waals surface area contributed by atoms with E-state index in [1.54, 1.807) is 6.33 Å². The smallest absolute Gasteiger partial charge is 0.132 e. The molecule has 0 spiro atoms. The molecule has 2 atom stereocenters. The second-order valence-electron chi connectivity index (χ2n) is 5.33. The molecule has 0 aliphatic carbocycles. The fourth-order valence-corrected chi connectivity index (χ4v) is 2.71. The molecule has 2 N–H and O–H groups in total. The highest BCUT2D eigenvalue weighted by atomic mass is 15.2. The van der Waals surface area contributed by atoms with E-state index >= 15 is 0 Å². The first-order chi connectivity index (χ1) is 8.74. The van der Waals surface area contributed by atoms with E-state index < -0.39 is 0 Å². The second-order valence-corrected chi connectivity index (χ2v) is 5.33. The van der Waals surface area contributed by atoms with E-state index in [0.29, 0.717) is 12.6 Å². The molecular formula is C14H24N4. The Morgan fingerprint density at radius 1 is 1.44 bits per heavy atom. The van der Waals surface area contributed by atoms with Crippen LogP contribution in [0.25, 0.3) is 0 Å². The van der Waals surface area contributed by atoms with E-state index in [9.17, 15) is 0 Å². The predicted octanol–water partition coefficient (Wildman–Crippen LogP) is 1.99. The minimum atomic E-state index is 0.429. The van der Waals surface area contributed by atoms with Gasteiger partial charge in [0.25, 0.3) is 0 Å². The van der Waals surface area contributed by atoms with Gasteiger partial charge in [-0.25, -0.2) is 9.97 Å². The molecule has 4 nitrogen and oxygen atoms in total. The van der Waals surface area contributed by atoms with E-state index in [1.807, 2.05) is 0 Å². The standard InChI is InChI=1S/C14H24N4/c1-3-4-12-8-14(17-10-16-12)18-6-5-11(2)7-13(18)9-15/h8,10-11,13H,3-7,9,15H2,1-2H3. The molecule has 1 aromatic heterocycles. The van der Waals surface area contributed by atoms with Gasteiger partial charge in [-0.1, -0.05) is 20.3 Å². The van der Waals surface area contributed by atoms with Crippen LogP contribution < -0.4 is 10.6 Å². The van der Waals surface area contributed by atoms with E-state index in [2.05, 4.69) is 34.8 Å². The van der Waals surface area contributed by atoms with Crippen LogP contribution in [0.2, 0.25) is 0 Å². The molecule has 1 aliphatic rings. The molecule has 1 saturated heterocycles. The first-order valence-electron chi connectivity index (χ1n) is 7.02. The van der Waals surface area contributed by atoms with Gasteiger partial charge in [0, 0.05) is 30.9 Å². The molecule has 0 saturated carbocycles. The topological polar surface area (TPSA) is 55.0 Å². The highest BCUT2D eigenvalue weighted by Gasteiger charge is 2.26. The van der Waals surface area contributed by atoms with Crippen molar-refractivity contribution >= 4 is 5.82 Å². The van der Waals surface area contributed by atoms with Crippen LogP contribution in [0, 0.1) is 5.92 Å². The molecule has 0 aromatic carbocycles. The summed E-state index contributed by atoms with van der Waals surface area (Å²) < 4.78 is 0. The lowest BCUT2D eigenvalue weighted by atomic mass is 9.92. The molecular weight excluding hydrogens is 224 g/mol. The van der Waals surface area contributed by atoms with Crippen molar-refractivity contribution in [3.63, 3.8) is 0 Å². The maximum absolute atomic E-state index is 5.90. The fraction of sp³-hybridized carbons (Fsp3) is 0.714. The minimum Gasteiger partial charge on any atom is -0.352 e. The average Bonchev–Trinajstić information content (AvgIpc) is 2.39. The van der Waals surface area contributed by atoms with Crippen molar-refractivity contribution in [3.8, 4) is 0 Å². The first kappa shape index (κ1) is 13.3. The highest BCUT2D eigenvalue weighted by molar-refractivity contribution is 5.41. The number of hydrogen-bond acceptors (Lipinski definition) is 4. The Balaban J connectivity index is 2.16. The van der Waals surface area contributed by atoms with Crippen LogP contribution in [0.1, 0.15) is 38.8 Å². The predicted molar refractivity (Wildman–Crippen MR) is 74.6 cm³/mol. The van der Waals surface area contributed by atoms with Crippen molar-refractivity contribution in [2.45, 2.75) is 45.6 Å². The van der Waals surface area contributed by atoms with Crippen LogP contribution in [0.5, 0.6) is 0 Å². The van der Waals surface area contributed by atoms with Gasteiger partial charge in [-0.05, 0) is 25.2 Å². The minimum absolute atomic E-state index is 0.429. The average molecular weight is 248 g/mol. The molecule has 1 aliphatic heterocycles. The third-order valence-electron chi connectivity index (χ3n) is 3.76. The quantitative estimate of drug-likeness (QED) is 0.885. The normalized spacial score (nSPS) is 24.3. The van der Waals surface area contributed by atoms with Gasteiger partial charge in [0.1, 0.15) is 12.1 Å². The Morgan fingerprint density at radius 2 is 2.28 bits per heavy atom. The van der Waals surface area contributed by atoms with Gasteiger partial charge in [-0.15, -0.1) is 0 Å². The molecule has 2 heterocycles. The van der Waals surface area contributed by atoms with Crippen molar-refractivity contribution in [1.29, 1.82) is 0 Å². The summed E-state index contributed by atoms with van der Waals surface area (Å²) in [4.78, 5) is 11.1. The number of nitrogens with two attached hydrogens (primary N) is 1. The number of nitrogens with zero attached hydrogens (tertiary/aromatic N) is 3. The molecule has 18 heavy (non-hydrogen) atoms. The summed E-state index contributed by atoms with van der Waals surface area (Å²) in [6.45, 7) is 6.25. The van der Waals surface area contributed by atoms with E-state index in [1.165, 1.54) is 12.8 Å². The Hall–Kier alpha value is -1.16. The van der Waals surface area contributed by atoms with Crippen LogP contribution in [0.15, 0.2) is 12.4 Å². The highest BCUT2D eigenvalue weighted by Crippen LogP contribution is 2.26. The second kappa shape index (κ2) is 6.14. The van der Waals surface area contributed by atoms with Crippen molar-refractivity contribution < 1.29 is 0 Å². The van der Waals surface area contributed by atoms with Crippen molar-refractivity contribution in [2.75, 3.05) is 18.0 Å². The Labute approximate surface area is 110 Å². The molecule has 0 bridgehead atoms. The van der Waals surface area contributed by atoms with Crippen molar-refractivity contribution in [3.05, 3.63) is 18.1 Å². The summed E-state index contributed by atoms with van der Waals surface area (Å²) >= 11 is 0. The zero-order valence-electron chi connectivity index (χ0n) is 11.5. The summed E-state index contributed by atoms with van der Waals surface area (Å²) in [5.74, 6) is 1.82. The Kier molecular flexibility index (Phi) is 4.53. The molecule has 2 rings (SSSR count). The number of aryl methyl sites for hydroxylation is 1. The number of rotatable bonds is 4. The molecule has 4 heteroatoms. The molecule has 0 radical (unpaired) electrons. The maximum atomic E-state index is 5.90. The number of piperidine rings is 1. The van der Waals surface area contributed by atoms with Gasteiger partial charge in [0.15, 0.2) is 0 Å². The van der Waals surface area contributed by atoms with Crippen molar-refractivity contribution in [1.82, 2.24) is 9.97 Å². The Morgan fingerprint density at radius 3 is 3.00 bits per heavy atom. The number of hydrogen-bond donors (Lipinski definition) is 1. The monoisotopic (exact) mass is 248 g/mol. The van der Waals surface area contributed by atoms with Gasteiger partial charge in [0.2, 0.25) is 0 Å². The fourth-order valence-electron chi connectivity index (χ4n) is 2.71. The molecule has 1 aromatic rings. The van der Waals surface area contributed by atoms with Crippen LogP contribution in [-0.2, 0) is 6.42 Å². The van der Waals surface area contributed by atoms with Crippen LogP contribution >= 0.6 is 0 Å². The van der Waals surface area contributed by atoms with Gasteiger partial charge in [-0.2, -0.15) is 0 Å². The third kappa shape index (κ3) is 2.99. The zero-order valence-corrected chi connectivity index (χ0v) is 11.5. The van der Waals surface area contributed by atoms with Crippen LogP contribution in [-0.4, -0.2) is 29.1 Å². The Bertz CT molecular complexity index is 380. The van der Waals surface area contributed by atoms with E-state index in [4.69, 9.17) is 5.73 Å². The lowest BCUT2D eigenvalue weighted by Crippen LogP contribution is -2.46. The SMILES string of the molecule is CCCc1cc(N2CCC(C)CC2CN)ncn1. The number of aromatic nitrogens is 2. The van der Waals surface area contributed by atoms with Gasteiger partial charge in [0.05, 0.1) is 0 Å². The van der Waals surface area contributed by atoms with Gasteiger partial charge in [-0.3, -0.25) is 0 Å². The summed E-state index contributed by atoms with van der Waals surface area (Å²) in [5, 5.41) is 0. The van der Waals surface area contributed by atoms with Crippen LogP contribution in [0.3, 0.4) is 0 Å². The molecule has 100 valence electrons.